The van der Waals surface area contributed by atoms with Crippen LogP contribution in [0.25, 0.3) is 0 Å². The van der Waals surface area contributed by atoms with Gasteiger partial charge in [-0.25, -0.2) is 0 Å². The van der Waals surface area contributed by atoms with E-state index in [0.29, 0.717) is 12.2 Å². The Hall–Kier alpha value is -0.840. The Bertz CT molecular complexity index is 285. The number of benzene rings is 1. The van der Waals surface area contributed by atoms with E-state index in [1.807, 2.05) is 12.1 Å². The second kappa shape index (κ2) is 8.47. The monoisotopic (exact) mass is 254 g/mol. The summed E-state index contributed by atoms with van der Waals surface area (Å²) in [5.41, 5.74) is 7.15. The van der Waals surface area contributed by atoms with Gasteiger partial charge in [0.05, 0.1) is 25.1 Å². The molecule has 6 heteroatoms. The molecule has 1 aromatic carbocycles. The highest BCUT2D eigenvalue weighted by Crippen LogP contribution is 2.23. The van der Waals surface area contributed by atoms with Gasteiger partial charge in [-0.2, -0.15) is 0 Å². The molecule has 0 atom stereocenters. The summed E-state index contributed by atoms with van der Waals surface area (Å²) in [7, 11) is 1.59. The number of aliphatic hydroxyl groups excluding tert-OH is 1. The van der Waals surface area contributed by atoms with Gasteiger partial charge in [-0.05, 0) is 12.1 Å². The van der Waals surface area contributed by atoms with E-state index in [9.17, 15) is 0 Å². The Kier molecular flexibility index (Phi) is 9.36. The predicted octanol–water partition coefficient (Wildman–Crippen LogP) is 1.53. The first kappa shape index (κ1) is 16.6. The van der Waals surface area contributed by atoms with Gasteiger partial charge in [0.15, 0.2) is 0 Å². The average molecular weight is 255 g/mol. The first-order chi connectivity index (χ1) is 6.27. The van der Waals surface area contributed by atoms with E-state index in [-0.39, 0.29) is 31.4 Å². The number of hydrogen-bond acceptors (Lipinski definition) is 4. The molecular formula is C9H16Cl2N2O2. The van der Waals surface area contributed by atoms with Crippen molar-refractivity contribution in [1.29, 1.82) is 0 Å². The maximum atomic E-state index is 8.59. The second-order valence-electron chi connectivity index (χ2n) is 2.60. The predicted molar refractivity (Wildman–Crippen MR) is 67.5 cm³/mol. The number of rotatable bonds is 4. The molecule has 0 amide bonds. The van der Waals surface area contributed by atoms with Gasteiger partial charge in [0.2, 0.25) is 0 Å². The Morgan fingerprint density at radius 3 is 2.53 bits per heavy atom. The molecule has 4 nitrogen and oxygen atoms in total. The zero-order valence-electron chi connectivity index (χ0n) is 8.40. The van der Waals surface area contributed by atoms with E-state index >= 15 is 0 Å². The maximum absolute atomic E-state index is 8.59. The van der Waals surface area contributed by atoms with Crippen molar-refractivity contribution in [3.8, 4) is 5.75 Å². The molecule has 0 saturated heterocycles. The van der Waals surface area contributed by atoms with Crippen molar-refractivity contribution in [2.75, 3.05) is 31.3 Å². The van der Waals surface area contributed by atoms with Crippen LogP contribution >= 0.6 is 24.8 Å². The van der Waals surface area contributed by atoms with Gasteiger partial charge in [0, 0.05) is 12.6 Å². The number of nitrogens with two attached hydrogens (primary N) is 1. The summed E-state index contributed by atoms with van der Waals surface area (Å²) in [5, 5.41) is 11.6. The van der Waals surface area contributed by atoms with Crippen LogP contribution in [0.1, 0.15) is 0 Å². The highest BCUT2D eigenvalue weighted by Gasteiger charge is 1.99. The van der Waals surface area contributed by atoms with Crippen LogP contribution in [0, 0.1) is 0 Å². The minimum Gasteiger partial charge on any atom is -0.497 e. The van der Waals surface area contributed by atoms with Crippen molar-refractivity contribution >= 4 is 36.2 Å². The number of halogens is 2. The van der Waals surface area contributed by atoms with Gasteiger partial charge in [0.25, 0.3) is 0 Å². The van der Waals surface area contributed by atoms with Crippen molar-refractivity contribution in [3.05, 3.63) is 18.2 Å². The van der Waals surface area contributed by atoms with E-state index in [0.717, 1.165) is 11.4 Å². The number of nitrogen functional groups attached to an aromatic ring is 1. The fourth-order valence-corrected chi connectivity index (χ4v) is 1.02. The van der Waals surface area contributed by atoms with Gasteiger partial charge in [-0.3, -0.25) is 0 Å². The lowest BCUT2D eigenvalue weighted by Crippen LogP contribution is -2.07. The summed E-state index contributed by atoms with van der Waals surface area (Å²) in [6.07, 6.45) is 0. The molecule has 0 heterocycles. The molecule has 1 aromatic rings. The zero-order valence-corrected chi connectivity index (χ0v) is 10.0. The number of aliphatic hydroxyl groups is 1. The minimum absolute atomic E-state index is 0. The molecule has 0 radical (unpaired) electrons. The Morgan fingerprint density at radius 1 is 1.40 bits per heavy atom. The van der Waals surface area contributed by atoms with E-state index in [1.54, 1.807) is 13.2 Å². The number of ether oxygens (including phenoxy) is 1. The quantitative estimate of drug-likeness (QED) is 0.714. The first-order valence-electron chi connectivity index (χ1n) is 4.06. The highest BCUT2D eigenvalue weighted by atomic mass is 35.5. The van der Waals surface area contributed by atoms with E-state index in [4.69, 9.17) is 15.6 Å². The van der Waals surface area contributed by atoms with Crippen molar-refractivity contribution in [1.82, 2.24) is 0 Å². The summed E-state index contributed by atoms with van der Waals surface area (Å²) >= 11 is 0. The lowest BCUT2D eigenvalue weighted by molar-refractivity contribution is 0.311. The number of nitrogens with one attached hydrogen (secondary N) is 1. The van der Waals surface area contributed by atoms with Gasteiger partial charge >= 0.3 is 0 Å². The number of hydrogen-bond donors (Lipinski definition) is 3. The summed E-state index contributed by atoms with van der Waals surface area (Å²) in [6, 6.07) is 5.37. The van der Waals surface area contributed by atoms with E-state index in [2.05, 4.69) is 5.32 Å². The van der Waals surface area contributed by atoms with Crippen LogP contribution in [-0.4, -0.2) is 25.4 Å². The van der Waals surface area contributed by atoms with Crippen LogP contribution in [0.3, 0.4) is 0 Å². The van der Waals surface area contributed by atoms with Crippen LogP contribution in [0.5, 0.6) is 5.75 Å². The molecule has 1 rings (SSSR count). The topological polar surface area (TPSA) is 67.5 Å². The van der Waals surface area contributed by atoms with Crippen molar-refractivity contribution in [3.63, 3.8) is 0 Å². The van der Waals surface area contributed by atoms with E-state index in [1.165, 1.54) is 0 Å². The number of anilines is 2. The zero-order chi connectivity index (χ0) is 9.68. The van der Waals surface area contributed by atoms with Crippen LogP contribution in [0.2, 0.25) is 0 Å². The Labute approximate surface area is 102 Å². The van der Waals surface area contributed by atoms with Crippen molar-refractivity contribution in [2.45, 2.75) is 0 Å². The van der Waals surface area contributed by atoms with Crippen molar-refractivity contribution in [2.24, 2.45) is 0 Å². The van der Waals surface area contributed by atoms with Gasteiger partial charge in [-0.15, -0.1) is 24.8 Å². The summed E-state index contributed by atoms with van der Waals surface area (Å²) in [6.45, 7) is 0.585. The molecule has 4 N–H and O–H groups in total. The van der Waals surface area contributed by atoms with Crippen LogP contribution in [0.4, 0.5) is 11.4 Å². The third kappa shape index (κ3) is 4.97. The lowest BCUT2D eigenvalue weighted by Gasteiger charge is -2.08. The maximum Gasteiger partial charge on any atom is 0.121 e. The third-order valence-corrected chi connectivity index (χ3v) is 1.69. The summed E-state index contributed by atoms with van der Waals surface area (Å²) in [5.74, 6) is 0.729. The molecule has 0 fully saturated rings. The fraction of sp³-hybridized carbons (Fsp3) is 0.333. The molecule has 0 unspecified atom stereocenters. The Balaban J connectivity index is 0. The molecule has 0 aliphatic carbocycles. The molecule has 0 aliphatic heterocycles. The average Bonchev–Trinajstić information content (AvgIpc) is 2.16. The largest absolute Gasteiger partial charge is 0.497 e. The lowest BCUT2D eigenvalue weighted by atomic mass is 10.2. The van der Waals surface area contributed by atoms with Crippen LogP contribution < -0.4 is 15.8 Å². The number of methoxy groups -OCH3 is 1. The fourth-order valence-electron chi connectivity index (χ4n) is 1.02. The standard InChI is InChI=1S/C9H14N2O2.2ClH/c1-13-7-2-3-9(8(10)6-7)11-4-5-12;;/h2-3,6,11-12H,4-5,10H2,1H3;2*1H. The summed E-state index contributed by atoms with van der Waals surface area (Å²) in [4.78, 5) is 0. The second-order valence-corrected chi connectivity index (χ2v) is 2.60. The molecule has 0 aromatic heterocycles. The normalized spacial score (nSPS) is 8.40. The van der Waals surface area contributed by atoms with Gasteiger partial charge < -0.3 is 20.9 Å². The SMILES string of the molecule is COc1ccc(NCCO)c(N)c1.Cl.Cl. The third-order valence-electron chi connectivity index (χ3n) is 1.69. The summed E-state index contributed by atoms with van der Waals surface area (Å²) < 4.78 is 5.00. The van der Waals surface area contributed by atoms with Crippen molar-refractivity contribution < 1.29 is 9.84 Å². The van der Waals surface area contributed by atoms with Gasteiger partial charge in [-0.1, -0.05) is 0 Å². The smallest absolute Gasteiger partial charge is 0.121 e. The molecule has 0 saturated carbocycles. The Morgan fingerprint density at radius 2 is 2.07 bits per heavy atom. The molecule has 88 valence electrons. The molecule has 0 bridgehead atoms. The highest BCUT2D eigenvalue weighted by molar-refractivity contribution is 5.85. The molecule has 15 heavy (non-hydrogen) atoms. The molecule has 0 aliphatic rings. The van der Waals surface area contributed by atoms with Gasteiger partial charge in [0.1, 0.15) is 5.75 Å². The van der Waals surface area contributed by atoms with Crippen LogP contribution in [-0.2, 0) is 0 Å². The van der Waals surface area contributed by atoms with Crippen LogP contribution in [0.15, 0.2) is 18.2 Å². The molecular weight excluding hydrogens is 239 g/mol. The first-order valence-corrected chi connectivity index (χ1v) is 4.06. The molecule has 0 spiro atoms. The van der Waals surface area contributed by atoms with E-state index < -0.39 is 0 Å². The minimum atomic E-state index is 0.